The molecule has 7 rings (SSSR count). The lowest BCUT2D eigenvalue weighted by atomic mass is 9.81. The highest BCUT2D eigenvalue weighted by Gasteiger charge is 2.46. The second-order valence-corrected chi connectivity index (χ2v) is 28.7. The minimum Gasteiger partial charge on any atom is -0.390 e. The number of nitro benzene ring substituents is 1. The number of allylic oxidation sites excluding steroid dienone is 6. The van der Waals surface area contributed by atoms with Gasteiger partial charge in [0.05, 0.1) is 46.2 Å². The molecule has 0 radical (unpaired) electrons. The fourth-order valence-corrected chi connectivity index (χ4v) is 14.5. The standard InChI is InChI=1S/C58H73N6O20P3S/c1-9-61-46-27-23-38(4)30-44(46)57(5,6)51(61)21-13-10-14-22-52-58(7,8)45-32-42(88(77,78)79)25-28-47(45)62(52)29-17-11-12-19-41(65)20-16-15-18-39-24-26-43(48(31-39)64(68)69)54(37(2)3)80-35-40-34-63(56(67)60-55(40)59)53-33-49(66)50(82-53)36-81-86(73,74)84-87(75,76)83-85(70,71)72/h10,13-14,21-28,30-32,34,37,49-50,53-54,66H,9,11-12,16-17,19-20,29,33,35-36H2,1-8H3,(H6-,59,60,67,70,71,72,73,74,75,76,77,78,79)/p+1/t49?,50-,53-,54+/m1/s1. The topological polar surface area (TPSA) is 380 Å². The molecule has 1 aromatic heterocycles. The monoisotopic (exact) mass is 1300 g/mol. The van der Waals surface area contributed by atoms with Gasteiger partial charge < -0.3 is 44.8 Å². The maximum atomic E-state index is 13.1. The summed E-state index contributed by atoms with van der Waals surface area (Å²) >= 11 is 0. The van der Waals surface area contributed by atoms with Crippen LogP contribution in [-0.4, -0.2) is 100 Å². The zero-order valence-corrected chi connectivity index (χ0v) is 53.3. The first-order chi connectivity index (χ1) is 41.0. The third-order valence-electron chi connectivity index (χ3n) is 15.3. The van der Waals surface area contributed by atoms with E-state index in [9.17, 15) is 61.3 Å². The molecule has 6 atom stereocenters. The lowest BCUT2D eigenvalue weighted by molar-refractivity contribution is -0.438. The zero-order chi connectivity index (χ0) is 64.9. The van der Waals surface area contributed by atoms with E-state index in [0.717, 1.165) is 40.9 Å². The number of phosphoric ester groups is 1. The number of nitrogens with two attached hydrogens (primary N) is 1. The summed E-state index contributed by atoms with van der Waals surface area (Å²) < 4.78 is 96.2. The Balaban J connectivity index is 0.934. The van der Waals surface area contributed by atoms with Crippen molar-refractivity contribution in [2.24, 2.45) is 5.92 Å². The lowest BCUT2D eigenvalue weighted by Crippen LogP contribution is -2.29. The molecule has 3 aromatic carbocycles. The van der Waals surface area contributed by atoms with E-state index in [1.54, 1.807) is 26.0 Å². The number of aliphatic hydroxyl groups excluding tert-OH is 1. The van der Waals surface area contributed by atoms with Gasteiger partial charge in [0.25, 0.3) is 15.8 Å². The summed E-state index contributed by atoms with van der Waals surface area (Å²) in [5, 5.41) is 23.1. The summed E-state index contributed by atoms with van der Waals surface area (Å²) in [6.45, 7) is 16.4. The highest BCUT2D eigenvalue weighted by atomic mass is 32.2. The second kappa shape index (κ2) is 27.9. The van der Waals surface area contributed by atoms with Crippen LogP contribution in [0.15, 0.2) is 107 Å². The summed E-state index contributed by atoms with van der Waals surface area (Å²) in [5.74, 6) is 5.26. The predicted octanol–water partition coefficient (Wildman–Crippen LogP) is 9.35. The van der Waals surface area contributed by atoms with E-state index < -0.39 is 80.8 Å². The summed E-state index contributed by atoms with van der Waals surface area (Å²) in [6, 6.07) is 15.6. The van der Waals surface area contributed by atoms with Crippen molar-refractivity contribution in [2.75, 3.05) is 30.3 Å². The molecule has 4 aromatic rings. The Morgan fingerprint density at radius 2 is 1.69 bits per heavy atom. The molecular formula is C58H74N6O20P3S+. The molecule has 0 bridgehead atoms. The first-order valence-electron chi connectivity index (χ1n) is 28.1. The number of fused-ring (bicyclic) bond motifs is 2. The number of ketones is 1. The van der Waals surface area contributed by atoms with Gasteiger partial charge in [-0.3, -0.25) is 28.6 Å². The first kappa shape index (κ1) is 69.3. The van der Waals surface area contributed by atoms with Crippen molar-refractivity contribution in [3.63, 3.8) is 0 Å². The normalized spacial score (nSPS) is 20.3. The third kappa shape index (κ3) is 17.0. The Labute approximate surface area is 509 Å². The quantitative estimate of drug-likeness (QED) is 0.00427. The number of hydrogen-bond donors (Lipinski definition) is 7. The van der Waals surface area contributed by atoms with Gasteiger partial charge in [0.1, 0.15) is 30.5 Å². The van der Waals surface area contributed by atoms with Crippen molar-refractivity contribution in [3.05, 3.63) is 151 Å². The number of anilines is 2. The summed E-state index contributed by atoms with van der Waals surface area (Å²) in [5.41, 5.74) is 12.1. The molecule has 1 fully saturated rings. The average molecular weight is 1300 g/mol. The molecule has 3 aliphatic rings. The Morgan fingerprint density at radius 1 is 0.966 bits per heavy atom. The second-order valence-electron chi connectivity index (χ2n) is 22.8. The van der Waals surface area contributed by atoms with E-state index in [1.807, 2.05) is 38.2 Å². The zero-order valence-electron chi connectivity index (χ0n) is 49.8. The van der Waals surface area contributed by atoms with Gasteiger partial charge in [-0.05, 0) is 88.4 Å². The van der Waals surface area contributed by atoms with Gasteiger partial charge in [0.15, 0.2) is 5.71 Å². The SMILES string of the molecule is CCN1C(=CC=CC=CC2=[N+](CCCCCC(=O)CCC#Cc3ccc([C@@H](OCc4cn([C@H]5CC(O)[C@@H](COP(=O)(O)OP(=O)(O)OP(=O)(O)O)O5)c(=O)nc4N)C(C)C)c([N+](=O)[O-])c3)c3ccc(S(=O)(=O)O)cc3C2(C)C)C(C)(C)c2cc(C)ccc21. The molecule has 26 nitrogen and oxygen atoms in total. The minimum atomic E-state index is -5.82. The molecule has 0 amide bonds. The van der Waals surface area contributed by atoms with Gasteiger partial charge >= 0.3 is 29.2 Å². The maximum Gasteiger partial charge on any atom is 0.490 e. The largest absolute Gasteiger partial charge is 0.490 e. The van der Waals surface area contributed by atoms with Crippen molar-refractivity contribution < 1.29 is 88.3 Å². The average Bonchev–Trinajstić information content (AvgIpc) is 1.79. The number of aromatic nitrogens is 2. The van der Waals surface area contributed by atoms with Gasteiger partial charge in [-0.1, -0.05) is 75.5 Å². The molecule has 476 valence electrons. The smallest absolute Gasteiger partial charge is 0.390 e. The van der Waals surface area contributed by atoms with Gasteiger partial charge in [-0.15, -0.1) is 0 Å². The fourth-order valence-electron chi connectivity index (χ4n) is 11.0. The Kier molecular flexibility index (Phi) is 22.0. The van der Waals surface area contributed by atoms with E-state index in [-0.39, 0.29) is 70.5 Å². The predicted molar refractivity (Wildman–Crippen MR) is 325 cm³/mol. The summed E-state index contributed by atoms with van der Waals surface area (Å²) in [4.78, 5) is 80.7. The molecule has 0 spiro atoms. The molecule has 1 saturated heterocycles. The highest BCUT2D eigenvalue weighted by Crippen LogP contribution is 2.66. The van der Waals surface area contributed by atoms with Crippen molar-refractivity contribution in [1.29, 1.82) is 0 Å². The number of likely N-dealkylation sites (N-methyl/N-ethyl adjacent to an activating group) is 1. The fraction of sp³-hybridized carbons (Fsp3) is 0.448. The molecule has 8 N–H and O–H groups in total. The Bertz CT molecular complexity index is 3860. The molecule has 4 heterocycles. The number of carbonyl (C=O) groups excluding carboxylic acids is 1. The number of unbranched alkanes of at least 4 members (excludes halogenated alkanes) is 2. The van der Waals surface area contributed by atoms with Crippen LogP contribution in [0.3, 0.4) is 0 Å². The van der Waals surface area contributed by atoms with E-state index >= 15 is 0 Å². The van der Waals surface area contributed by atoms with Crippen LogP contribution in [0.2, 0.25) is 0 Å². The molecule has 3 unspecified atom stereocenters. The summed E-state index contributed by atoms with van der Waals surface area (Å²) in [6.07, 6.45) is 8.70. The lowest BCUT2D eigenvalue weighted by Gasteiger charge is -2.25. The van der Waals surface area contributed by atoms with Crippen LogP contribution >= 0.6 is 23.5 Å². The number of carbonyl (C=O) groups is 1. The number of benzene rings is 3. The van der Waals surface area contributed by atoms with Crippen LogP contribution in [0.5, 0.6) is 0 Å². The molecule has 0 saturated carbocycles. The van der Waals surface area contributed by atoms with Crippen LogP contribution in [0, 0.1) is 34.8 Å². The number of aryl methyl sites for hydroxylation is 1. The van der Waals surface area contributed by atoms with Crippen molar-refractivity contribution >= 4 is 68.0 Å². The molecular weight excluding hydrogens is 1230 g/mol. The number of ether oxygens (including phenoxy) is 2. The van der Waals surface area contributed by atoms with Crippen LogP contribution < -0.4 is 16.3 Å². The number of hydrogen-bond acceptors (Lipinski definition) is 18. The number of phosphoric acid groups is 3. The van der Waals surface area contributed by atoms with Crippen molar-refractivity contribution in [3.8, 4) is 11.8 Å². The maximum absolute atomic E-state index is 13.1. The number of nitrogen functional groups attached to an aromatic ring is 1. The molecule has 88 heavy (non-hydrogen) atoms. The van der Waals surface area contributed by atoms with Crippen LogP contribution in [0.25, 0.3) is 0 Å². The van der Waals surface area contributed by atoms with E-state index in [2.05, 4.69) is 91.4 Å². The number of aliphatic hydroxyl groups is 1. The number of nitro groups is 1. The number of nitrogens with zero attached hydrogens (tertiary/aromatic N) is 5. The van der Waals surface area contributed by atoms with Gasteiger partial charge in [0.2, 0.25) is 5.69 Å². The van der Waals surface area contributed by atoms with E-state index in [1.165, 1.54) is 53.0 Å². The van der Waals surface area contributed by atoms with Crippen LogP contribution in [-0.2, 0) is 68.7 Å². The summed E-state index contributed by atoms with van der Waals surface area (Å²) in [7, 11) is -21.5. The van der Waals surface area contributed by atoms with Crippen LogP contribution in [0.1, 0.15) is 139 Å². The third-order valence-corrected chi connectivity index (χ3v) is 20.0. The first-order valence-corrected chi connectivity index (χ1v) is 34.1. The number of rotatable bonds is 27. The number of Topliss-reactive ketones (excluding diaryl/α,β-unsaturated/α-hetero) is 1. The van der Waals surface area contributed by atoms with E-state index in [4.69, 9.17) is 25.0 Å². The molecule has 30 heteroatoms. The van der Waals surface area contributed by atoms with Gasteiger partial charge in [0, 0.05) is 96.5 Å². The minimum absolute atomic E-state index is 0.00778. The molecule has 3 aliphatic heterocycles. The molecule has 0 aliphatic carbocycles. The van der Waals surface area contributed by atoms with E-state index in [0.29, 0.717) is 24.9 Å². The van der Waals surface area contributed by atoms with Gasteiger partial charge in [-0.2, -0.15) is 26.6 Å². The Hall–Kier alpha value is -6.14. The van der Waals surface area contributed by atoms with Gasteiger partial charge in [-0.25, -0.2) is 18.5 Å². The van der Waals surface area contributed by atoms with Crippen molar-refractivity contribution in [1.82, 2.24) is 9.55 Å². The Morgan fingerprint density at radius 3 is 2.36 bits per heavy atom. The van der Waals surface area contributed by atoms with Crippen LogP contribution in [0.4, 0.5) is 22.9 Å². The highest BCUT2D eigenvalue weighted by molar-refractivity contribution is 7.85. The van der Waals surface area contributed by atoms with Crippen molar-refractivity contribution in [2.45, 2.75) is 147 Å².